The van der Waals surface area contributed by atoms with Crippen LogP contribution in [0.25, 0.3) is 10.9 Å². The van der Waals surface area contributed by atoms with Crippen molar-refractivity contribution in [3.05, 3.63) is 95.6 Å². The first-order valence-electron chi connectivity index (χ1n) is 11.6. The summed E-state index contributed by atoms with van der Waals surface area (Å²) >= 11 is 1.90. The Morgan fingerprint density at radius 1 is 0.941 bits per heavy atom. The third-order valence-electron chi connectivity index (χ3n) is 6.81. The Kier molecular flexibility index (Phi) is 5.10. The number of aromatic nitrogens is 1. The molecule has 0 unspecified atom stereocenters. The molecule has 1 N–H and O–H groups in total. The predicted molar refractivity (Wildman–Crippen MR) is 139 cm³/mol. The molecule has 0 radical (unpaired) electrons. The predicted octanol–water partition coefficient (Wildman–Crippen LogP) is 6.79. The van der Waals surface area contributed by atoms with Gasteiger partial charge in [-0.1, -0.05) is 62.4 Å². The number of hydrogen-bond donors (Lipinski definition) is 1. The van der Waals surface area contributed by atoms with E-state index in [1.54, 1.807) is 6.07 Å². The van der Waals surface area contributed by atoms with Crippen LogP contribution < -0.4 is 4.74 Å². The van der Waals surface area contributed by atoms with E-state index >= 15 is 0 Å². The molecule has 6 rings (SSSR count). The molecule has 1 aromatic heterocycles. The highest BCUT2D eigenvalue weighted by molar-refractivity contribution is 8.15. The van der Waals surface area contributed by atoms with E-state index in [4.69, 9.17) is 9.73 Å². The SMILES string of the molecule is CC1(C)Cc2ccccc2C[C@@H]2N=C(c3cccc(Oc4ccc5cccc(O)c5n4)c3)S[C@H]21. The Morgan fingerprint density at radius 2 is 1.76 bits per heavy atom. The molecule has 0 amide bonds. The smallest absolute Gasteiger partial charge is 0.219 e. The summed E-state index contributed by atoms with van der Waals surface area (Å²) in [6, 6.07) is 26.3. The van der Waals surface area contributed by atoms with E-state index in [2.05, 4.69) is 49.2 Å². The first-order chi connectivity index (χ1) is 16.5. The number of thioether (sulfide) groups is 1. The number of phenols is 1. The van der Waals surface area contributed by atoms with Gasteiger partial charge in [-0.3, -0.25) is 4.99 Å². The van der Waals surface area contributed by atoms with E-state index < -0.39 is 0 Å². The van der Waals surface area contributed by atoms with Crippen LogP contribution in [0.15, 0.2) is 83.9 Å². The van der Waals surface area contributed by atoms with Gasteiger partial charge in [-0.05, 0) is 53.6 Å². The minimum Gasteiger partial charge on any atom is -0.506 e. The maximum absolute atomic E-state index is 10.1. The first-order valence-corrected chi connectivity index (χ1v) is 12.5. The molecule has 0 saturated carbocycles. The lowest BCUT2D eigenvalue weighted by Gasteiger charge is -2.32. The zero-order valence-electron chi connectivity index (χ0n) is 19.2. The van der Waals surface area contributed by atoms with Crippen molar-refractivity contribution in [3.63, 3.8) is 0 Å². The lowest BCUT2D eigenvalue weighted by molar-refractivity contribution is 0.330. The molecule has 2 aliphatic rings. The van der Waals surface area contributed by atoms with Gasteiger partial charge in [0, 0.05) is 22.3 Å². The third kappa shape index (κ3) is 3.84. The minimum absolute atomic E-state index is 0.149. The van der Waals surface area contributed by atoms with E-state index in [1.807, 2.05) is 54.2 Å². The van der Waals surface area contributed by atoms with Gasteiger partial charge in [0.15, 0.2) is 0 Å². The molecule has 0 saturated heterocycles. The van der Waals surface area contributed by atoms with E-state index in [1.165, 1.54) is 11.1 Å². The maximum atomic E-state index is 10.1. The summed E-state index contributed by atoms with van der Waals surface area (Å²) in [4.78, 5) is 9.71. The number of nitrogens with zero attached hydrogens (tertiary/aromatic N) is 2. The van der Waals surface area contributed by atoms with Crippen molar-refractivity contribution in [1.29, 1.82) is 0 Å². The number of aromatic hydroxyl groups is 1. The number of hydrogen-bond acceptors (Lipinski definition) is 5. The number of fused-ring (bicyclic) bond motifs is 3. The van der Waals surface area contributed by atoms with Gasteiger partial charge >= 0.3 is 0 Å². The van der Waals surface area contributed by atoms with Crippen LogP contribution in [0, 0.1) is 5.41 Å². The van der Waals surface area contributed by atoms with Crippen LogP contribution in [-0.2, 0) is 12.8 Å². The second kappa shape index (κ2) is 8.17. The third-order valence-corrected chi connectivity index (χ3v) is 8.58. The van der Waals surface area contributed by atoms with Crippen molar-refractivity contribution < 1.29 is 9.84 Å². The number of phenolic OH excluding ortho intramolecular Hbond substituents is 1. The van der Waals surface area contributed by atoms with E-state index in [-0.39, 0.29) is 17.2 Å². The number of aliphatic imine (C=N–C) groups is 1. The number of pyridine rings is 1. The molecule has 4 aromatic rings. The van der Waals surface area contributed by atoms with Gasteiger partial charge in [0.25, 0.3) is 0 Å². The van der Waals surface area contributed by atoms with Gasteiger partial charge < -0.3 is 9.84 Å². The lowest BCUT2D eigenvalue weighted by atomic mass is 9.82. The summed E-state index contributed by atoms with van der Waals surface area (Å²) in [5.41, 5.74) is 4.65. The van der Waals surface area contributed by atoms with Crippen LogP contribution in [0.4, 0.5) is 0 Å². The standard InChI is InChI=1S/C29H26N2O2S/c1-29(2)17-21-8-4-3-7-19(21)16-23-27(29)34-28(30-23)20-10-5-11-22(15-20)33-25-14-13-18-9-6-12-24(32)26(18)31-25/h3-15,23,27,32H,16-17H2,1-2H3/t23-,27+/m0/s1. The van der Waals surface area contributed by atoms with Crippen LogP contribution in [0.3, 0.4) is 0 Å². The molecule has 0 bridgehead atoms. The largest absolute Gasteiger partial charge is 0.506 e. The number of rotatable bonds is 3. The highest BCUT2D eigenvalue weighted by atomic mass is 32.2. The quantitative estimate of drug-likeness (QED) is 0.361. The second-order valence-electron chi connectivity index (χ2n) is 9.81. The summed E-state index contributed by atoms with van der Waals surface area (Å²) in [6.07, 6.45) is 2.06. The Morgan fingerprint density at radius 3 is 2.65 bits per heavy atom. The lowest BCUT2D eigenvalue weighted by Crippen LogP contribution is -2.34. The van der Waals surface area contributed by atoms with Gasteiger partial charge in [0.1, 0.15) is 17.0 Å². The van der Waals surface area contributed by atoms with Crippen LogP contribution in [-0.4, -0.2) is 26.4 Å². The number of para-hydroxylation sites is 1. The summed E-state index contributed by atoms with van der Waals surface area (Å²) in [5.74, 6) is 1.31. The summed E-state index contributed by atoms with van der Waals surface area (Å²) in [5, 5.41) is 12.5. The molecule has 2 heterocycles. The van der Waals surface area contributed by atoms with Gasteiger partial charge in [0.05, 0.1) is 11.1 Å². The number of ether oxygens (including phenoxy) is 1. The monoisotopic (exact) mass is 466 g/mol. The van der Waals surface area contributed by atoms with Crippen molar-refractivity contribution >= 4 is 27.7 Å². The molecule has 2 atom stereocenters. The number of benzene rings is 3. The molecule has 34 heavy (non-hydrogen) atoms. The van der Waals surface area contributed by atoms with Gasteiger partial charge in [-0.15, -0.1) is 11.8 Å². The van der Waals surface area contributed by atoms with E-state index in [0.717, 1.165) is 28.8 Å². The van der Waals surface area contributed by atoms with E-state index in [0.29, 0.717) is 22.4 Å². The second-order valence-corrected chi connectivity index (χ2v) is 10.9. The first kappa shape index (κ1) is 21.2. The molecular weight excluding hydrogens is 440 g/mol. The normalized spacial score (nSPS) is 20.8. The van der Waals surface area contributed by atoms with Crippen molar-refractivity contribution in [3.8, 4) is 17.4 Å². The molecule has 4 nitrogen and oxygen atoms in total. The fourth-order valence-electron chi connectivity index (χ4n) is 5.15. The molecule has 1 aliphatic carbocycles. The molecule has 0 fully saturated rings. The van der Waals surface area contributed by atoms with Crippen LogP contribution in [0.1, 0.15) is 30.5 Å². The van der Waals surface area contributed by atoms with Crippen LogP contribution in [0.2, 0.25) is 0 Å². The van der Waals surface area contributed by atoms with Crippen molar-refractivity contribution in [1.82, 2.24) is 4.98 Å². The Balaban J connectivity index is 1.28. The zero-order chi connectivity index (χ0) is 23.3. The van der Waals surface area contributed by atoms with Crippen molar-refractivity contribution in [2.75, 3.05) is 0 Å². The Hall–Kier alpha value is -3.31. The van der Waals surface area contributed by atoms with Gasteiger partial charge in [0.2, 0.25) is 5.88 Å². The summed E-state index contributed by atoms with van der Waals surface area (Å²) in [6.45, 7) is 4.75. The Bertz CT molecular complexity index is 1430. The minimum atomic E-state index is 0.149. The molecule has 5 heteroatoms. The highest BCUT2D eigenvalue weighted by Gasteiger charge is 2.43. The fourth-order valence-corrected chi connectivity index (χ4v) is 6.57. The molecule has 1 aliphatic heterocycles. The molecule has 170 valence electrons. The average molecular weight is 467 g/mol. The van der Waals surface area contributed by atoms with E-state index in [9.17, 15) is 5.11 Å². The van der Waals surface area contributed by atoms with Gasteiger partial charge in [-0.2, -0.15) is 0 Å². The maximum Gasteiger partial charge on any atom is 0.219 e. The Labute approximate surface area is 203 Å². The van der Waals surface area contributed by atoms with Crippen molar-refractivity contribution in [2.45, 2.75) is 38.0 Å². The fraction of sp³-hybridized carbons (Fsp3) is 0.241. The molecule has 0 spiro atoms. The van der Waals surface area contributed by atoms with Gasteiger partial charge in [-0.25, -0.2) is 4.98 Å². The summed E-state index contributed by atoms with van der Waals surface area (Å²) in [7, 11) is 0. The van der Waals surface area contributed by atoms with Crippen LogP contribution in [0.5, 0.6) is 17.4 Å². The topological polar surface area (TPSA) is 54.7 Å². The molecular formula is C29H26N2O2S. The van der Waals surface area contributed by atoms with Crippen molar-refractivity contribution in [2.24, 2.45) is 10.4 Å². The average Bonchev–Trinajstić information content (AvgIpc) is 3.22. The zero-order valence-corrected chi connectivity index (χ0v) is 20.0. The highest BCUT2D eigenvalue weighted by Crippen LogP contribution is 2.47. The summed E-state index contributed by atoms with van der Waals surface area (Å²) < 4.78 is 6.08. The van der Waals surface area contributed by atoms with Crippen LogP contribution >= 0.6 is 11.8 Å². The molecule has 3 aromatic carbocycles.